The number of hydrogen-bond donors (Lipinski definition) is 1. The molecule has 1 N–H and O–H groups in total. The van der Waals surface area contributed by atoms with Crippen molar-refractivity contribution in [2.45, 2.75) is 6.42 Å². The van der Waals surface area contributed by atoms with Gasteiger partial charge in [0.2, 0.25) is 5.91 Å². The zero-order valence-electron chi connectivity index (χ0n) is 13.3. The summed E-state index contributed by atoms with van der Waals surface area (Å²) in [6.07, 6.45) is 3.51. The molecular formula is C18H12ClFN4OS. The lowest BCUT2D eigenvalue weighted by Gasteiger charge is -2.04. The number of anilines is 1. The highest BCUT2D eigenvalue weighted by molar-refractivity contribution is 7.15. The molecule has 3 aromatic heterocycles. The summed E-state index contributed by atoms with van der Waals surface area (Å²) in [4.78, 5) is 21.6. The summed E-state index contributed by atoms with van der Waals surface area (Å²) in [7, 11) is 0. The fourth-order valence-electron chi connectivity index (χ4n) is 2.52. The molecule has 1 amide bonds. The summed E-state index contributed by atoms with van der Waals surface area (Å²) in [6.45, 7) is 0. The molecule has 0 aliphatic carbocycles. The van der Waals surface area contributed by atoms with E-state index in [-0.39, 0.29) is 18.1 Å². The van der Waals surface area contributed by atoms with Gasteiger partial charge < -0.3 is 5.32 Å². The monoisotopic (exact) mass is 386 g/mol. The minimum absolute atomic E-state index is 0.184. The van der Waals surface area contributed by atoms with E-state index >= 15 is 0 Å². The van der Waals surface area contributed by atoms with E-state index in [1.807, 2.05) is 16.0 Å². The van der Waals surface area contributed by atoms with E-state index in [4.69, 9.17) is 11.6 Å². The van der Waals surface area contributed by atoms with Crippen LogP contribution in [0.1, 0.15) is 5.69 Å². The third-order valence-corrected chi connectivity index (χ3v) is 4.87. The van der Waals surface area contributed by atoms with E-state index in [1.54, 1.807) is 24.3 Å². The number of benzene rings is 1. The van der Waals surface area contributed by atoms with Gasteiger partial charge in [0.15, 0.2) is 4.96 Å². The number of carbonyl (C=O) groups excluding carboxylic acids is 1. The molecular weight excluding hydrogens is 375 g/mol. The Balaban J connectivity index is 1.54. The molecule has 0 bridgehead atoms. The molecule has 4 rings (SSSR count). The lowest BCUT2D eigenvalue weighted by Crippen LogP contribution is -2.16. The Hall–Kier alpha value is -2.77. The van der Waals surface area contributed by atoms with Crippen molar-refractivity contribution >= 4 is 39.6 Å². The molecule has 0 atom stereocenters. The summed E-state index contributed by atoms with van der Waals surface area (Å²) >= 11 is 7.23. The van der Waals surface area contributed by atoms with Gasteiger partial charge in [0, 0.05) is 29.0 Å². The van der Waals surface area contributed by atoms with Crippen molar-refractivity contribution < 1.29 is 9.18 Å². The first kappa shape index (κ1) is 16.7. The Labute approximate surface area is 157 Å². The van der Waals surface area contributed by atoms with Gasteiger partial charge in [-0.1, -0.05) is 11.6 Å². The van der Waals surface area contributed by atoms with Crippen molar-refractivity contribution in [1.29, 1.82) is 0 Å². The molecule has 130 valence electrons. The Morgan fingerprint density at radius 1 is 1.23 bits per heavy atom. The zero-order valence-corrected chi connectivity index (χ0v) is 14.9. The molecule has 0 saturated carbocycles. The van der Waals surface area contributed by atoms with Gasteiger partial charge in [-0.25, -0.2) is 14.4 Å². The van der Waals surface area contributed by atoms with Crippen LogP contribution in [0.3, 0.4) is 0 Å². The van der Waals surface area contributed by atoms with Crippen molar-refractivity contribution in [3.05, 3.63) is 70.7 Å². The Morgan fingerprint density at radius 3 is 2.77 bits per heavy atom. The van der Waals surface area contributed by atoms with Crippen LogP contribution in [0, 0.1) is 5.82 Å². The van der Waals surface area contributed by atoms with E-state index in [0.29, 0.717) is 10.8 Å². The zero-order chi connectivity index (χ0) is 18.1. The van der Waals surface area contributed by atoms with Crippen LogP contribution in [-0.4, -0.2) is 20.3 Å². The molecule has 0 spiro atoms. The van der Waals surface area contributed by atoms with Gasteiger partial charge in [-0.3, -0.25) is 9.20 Å². The predicted octanol–water partition coefficient (Wildman–Crippen LogP) is 4.43. The fraction of sp³-hybridized carbons (Fsp3) is 0.0556. The summed E-state index contributed by atoms with van der Waals surface area (Å²) in [5.41, 5.74) is 2.37. The SMILES string of the molecule is O=C(Cc1csc2nc(-c3ccc(F)cc3)cn12)Nc1ccc(Cl)cn1. The first-order valence-electron chi connectivity index (χ1n) is 7.71. The molecule has 0 fully saturated rings. The normalized spacial score (nSPS) is 11.0. The smallest absolute Gasteiger partial charge is 0.231 e. The number of carbonyl (C=O) groups is 1. The summed E-state index contributed by atoms with van der Waals surface area (Å²) in [5.74, 6) is -0.0250. The van der Waals surface area contributed by atoms with Crippen molar-refractivity contribution in [3.8, 4) is 11.3 Å². The Bertz CT molecular complexity index is 1070. The van der Waals surface area contributed by atoms with Gasteiger partial charge in [-0.2, -0.15) is 0 Å². The second-order valence-electron chi connectivity index (χ2n) is 5.60. The van der Waals surface area contributed by atoms with Crippen LogP contribution < -0.4 is 5.32 Å². The van der Waals surface area contributed by atoms with Gasteiger partial charge >= 0.3 is 0 Å². The molecule has 0 aliphatic heterocycles. The maximum Gasteiger partial charge on any atom is 0.231 e. The van der Waals surface area contributed by atoms with E-state index in [0.717, 1.165) is 21.9 Å². The third kappa shape index (κ3) is 3.44. The standard InChI is InChI=1S/C18H12ClFN4OS/c19-12-3-6-16(21-8-12)23-17(25)7-14-10-26-18-22-15(9-24(14)18)11-1-4-13(20)5-2-11/h1-6,8-10H,7H2,(H,21,23,25). The predicted molar refractivity (Wildman–Crippen MR) is 100 cm³/mol. The van der Waals surface area contributed by atoms with Crippen LogP contribution in [0.5, 0.6) is 0 Å². The van der Waals surface area contributed by atoms with Crippen molar-refractivity contribution in [2.75, 3.05) is 5.32 Å². The summed E-state index contributed by atoms with van der Waals surface area (Å²) in [5, 5.41) is 5.14. The van der Waals surface area contributed by atoms with Crippen molar-refractivity contribution in [2.24, 2.45) is 0 Å². The van der Waals surface area contributed by atoms with E-state index in [1.165, 1.54) is 29.7 Å². The largest absolute Gasteiger partial charge is 0.310 e. The average molecular weight is 387 g/mol. The van der Waals surface area contributed by atoms with Crippen molar-refractivity contribution in [3.63, 3.8) is 0 Å². The first-order chi connectivity index (χ1) is 12.6. The number of fused-ring (bicyclic) bond motifs is 1. The number of imidazole rings is 1. The summed E-state index contributed by atoms with van der Waals surface area (Å²) in [6, 6.07) is 9.47. The lowest BCUT2D eigenvalue weighted by atomic mass is 10.2. The minimum atomic E-state index is -0.289. The van der Waals surface area contributed by atoms with E-state index in [9.17, 15) is 9.18 Å². The van der Waals surface area contributed by atoms with E-state index in [2.05, 4.69) is 15.3 Å². The summed E-state index contributed by atoms with van der Waals surface area (Å²) < 4.78 is 14.9. The quantitative estimate of drug-likeness (QED) is 0.564. The number of nitrogens with zero attached hydrogens (tertiary/aromatic N) is 3. The topological polar surface area (TPSA) is 59.3 Å². The second kappa shape index (κ2) is 6.86. The van der Waals surface area contributed by atoms with Crippen LogP contribution in [-0.2, 0) is 11.2 Å². The third-order valence-electron chi connectivity index (χ3n) is 3.76. The van der Waals surface area contributed by atoms with Gasteiger partial charge in [0.05, 0.1) is 17.1 Å². The molecule has 0 saturated heterocycles. The highest BCUT2D eigenvalue weighted by atomic mass is 35.5. The number of amides is 1. The molecule has 0 radical (unpaired) electrons. The molecule has 1 aromatic carbocycles. The number of rotatable bonds is 4. The number of nitrogens with one attached hydrogen (secondary N) is 1. The molecule has 8 heteroatoms. The number of hydrogen-bond acceptors (Lipinski definition) is 4. The molecule has 26 heavy (non-hydrogen) atoms. The van der Waals surface area contributed by atoms with Gasteiger partial charge in [0.25, 0.3) is 0 Å². The Morgan fingerprint density at radius 2 is 2.04 bits per heavy atom. The minimum Gasteiger partial charge on any atom is -0.310 e. The molecule has 5 nitrogen and oxygen atoms in total. The number of thiazole rings is 1. The molecule has 0 aliphatic rings. The average Bonchev–Trinajstić information content (AvgIpc) is 3.20. The second-order valence-corrected chi connectivity index (χ2v) is 6.87. The van der Waals surface area contributed by atoms with Crippen LogP contribution in [0.15, 0.2) is 54.2 Å². The van der Waals surface area contributed by atoms with Gasteiger partial charge in [-0.15, -0.1) is 11.3 Å². The van der Waals surface area contributed by atoms with Crippen LogP contribution in [0.25, 0.3) is 16.2 Å². The number of halogens is 2. The van der Waals surface area contributed by atoms with Crippen LogP contribution >= 0.6 is 22.9 Å². The first-order valence-corrected chi connectivity index (χ1v) is 8.97. The number of aromatic nitrogens is 3. The highest BCUT2D eigenvalue weighted by Crippen LogP contribution is 2.24. The molecule has 4 aromatic rings. The van der Waals surface area contributed by atoms with Gasteiger partial charge in [-0.05, 0) is 36.4 Å². The lowest BCUT2D eigenvalue weighted by molar-refractivity contribution is -0.115. The highest BCUT2D eigenvalue weighted by Gasteiger charge is 2.13. The fourth-order valence-corrected chi connectivity index (χ4v) is 3.50. The van der Waals surface area contributed by atoms with Crippen LogP contribution in [0.2, 0.25) is 5.02 Å². The maximum atomic E-state index is 13.1. The molecule has 0 unspecified atom stereocenters. The maximum absolute atomic E-state index is 13.1. The Kier molecular flexibility index (Phi) is 4.40. The van der Waals surface area contributed by atoms with E-state index < -0.39 is 0 Å². The van der Waals surface area contributed by atoms with Crippen LogP contribution in [0.4, 0.5) is 10.2 Å². The van der Waals surface area contributed by atoms with Gasteiger partial charge in [0.1, 0.15) is 11.6 Å². The number of pyridine rings is 1. The molecule has 3 heterocycles. The van der Waals surface area contributed by atoms with Crippen molar-refractivity contribution in [1.82, 2.24) is 14.4 Å².